The summed E-state index contributed by atoms with van der Waals surface area (Å²) in [6, 6.07) is 38.0. The fourth-order valence-electron chi connectivity index (χ4n) is 9.13. The van der Waals surface area contributed by atoms with E-state index >= 15 is 0 Å². The Bertz CT molecular complexity index is 2080. The summed E-state index contributed by atoms with van der Waals surface area (Å²) in [4.78, 5) is 16.7. The van der Waals surface area contributed by atoms with Crippen LogP contribution in [-0.4, -0.2) is 80.7 Å². The zero-order valence-corrected chi connectivity index (χ0v) is 38.4. The summed E-state index contributed by atoms with van der Waals surface area (Å²) in [5.41, 5.74) is 13.3. The van der Waals surface area contributed by atoms with Crippen LogP contribution in [0.15, 0.2) is 126 Å². The van der Waals surface area contributed by atoms with E-state index in [1.807, 2.05) is 116 Å². The Morgan fingerprint density at radius 3 is 1.68 bits per heavy atom. The first kappa shape index (κ1) is 48.3. The molecule has 0 radical (unpaired) electrons. The van der Waals surface area contributed by atoms with E-state index in [0.717, 1.165) is 23.1 Å². The van der Waals surface area contributed by atoms with Crippen LogP contribution in [0, 0.1) is 29.6 Å². The van der Waals surface area contributed by atoms with Gasteiger partial charge in [-0.25, -0.2) is 4.79 Å². The minimum Gasteiger partial charge on any atom is -0.453 e. The summed E-state index contributed by atoms with van der Waals surface area (Å²) in [5, 5.41) is 4.22. The summed E-state index contributed by atoms with van der Waals surface area (Å²) in [7, 11) is 0. The highest BCUT2D eigenvalue weighted by Crippen LogP contribution is 2.40. The van der Waals surface area contributed by atoms with Crippen molar-refractivity contribution in [2.45, 2.75) is 129 Å². The van der Waals surface area contributed by atoms with E-state index in [2.05, 4.69) is 44.6 Å². The smallest absolute Gasteiger partial charge is 0.338 e. The highest BCUT2D eigenvalue weighted by molar-refractivity contribution is 5.89. The van der Waals surface area contributed by atoms with Crippen molar-refractivity contribution in [2.75, 3.05) is 13.2 Å². The van der Waals surface area contributed by atoms with Gasteiger partial charge in [-0.15, -0.1) is 0 Å². The average Bonchev–Trinajstić information content (AvgIpc) is 3.34. The van der Waals surface area contributed by atoms with Crippen LogP contribution in [0.1, 0.15) is 75.0 Å². The Labute approximate surface area is 383 Å². The number of carbonyl (C=O) groups excluding carboxylic acids is 1. The van der Waals surface area contributed by atoms with Gasteiger partial charge in [-0.1, -0.05) is 156 Å². The highest BCUT2D eigenvalue weighted by Gasteiger charge is 2.51. The van der Waals surface area contributed by atoms with Crippen LogP contribution in [0.25, 0.3) is 10.4 Å². The quantitative estimate of drug-likeness (QED) is 0.0385. The summed E-state index contributed by atoms with van der Waals surface area (Å²) >= 11 is 0. The molecule has 348 valence electrons. The third-order valence-electron chi connectivity index (χ3n) is 13.5. The summed E-state index contributed by atoms with van der Waals surface area (Å²) < 4.78 is 59.7. The second-order valence-corrected chi connectivity index (χ2v) is 17.8. The van der Waals surface area contributed by atoms with Crippen LogP contribution in [0.3, 0.4) is 0 Å². The standard InChI is InChI=1S/C52H65N3O10/c1-7-42-33(2)36(5)48(64-49(56)41-26-18-11-19-27-41)51(61-42)60-32-43-34(3)35(4)47(58-29-39-22-14-9-15-23-39)52(62-43)65-46-37(6)45(54-55-53)50(59-30-40-24-16-10-17-25-40)63-44(46)31-57-28-38-20-12-8-13-21-38/h8-27,33-37,42-48,50-52H,7,28-32H2,1-6H3/t33-,34-,35-,36-,37+,42?,43?,44?,45?,46-,47?,48?,50+,51-,52-/m0/s1. The molecule has 0 saturated carbocycles. The highest BCUT2D eigenvalue weighted by atomic mass is 16.7. The molecule has 0 aliphatic carbocycles. The van der Waals surface area contributed by atoms with Crippen molar-refractivity contribution in [2.24, 2.45) is 34.7 Å². The normalized spacial score (nSPS) is 32.6. The molecule has 0 spiro atoms. The summed E-state index contributed by atoms with van der Waals surface area (Å²) in [5.74, 6) is -0.879. The van der Waals surface area contributed by atoms with E-state index in [1.54, 1.807) is 12.1 Å². The van der Waals surface area contributed by atoms with Crippen molar-refractivity contribution in [3.8, 4) is 0 Å². The van der Waals surface area contributed by atoms with E-state index in [4.69, 9.17) is 42.6 Å². The van der Waals surface area contributed by atoms with Gasteiger partial charge in [0, 0.05) is 10.8 Å². The van der Waals surface area contributed by atoms with Gasteiger partial charge in [0.05, 0.1) is 63.0 Å². The average molecular weight is 892 g/mol. The first-order valence-corrected chi connectivity index (χ1v) is 23.1. The molecular weight excluding hydrogens is 827 g/mol. The molecule has 7 rings (SSSR count). The molecule has 13 heteroatoms. The van der Waals surface area contributed by atoms with E-state index in [9.17, 15) is 10.3 Å². The molecule has 65 heavy (non-hydrogen) atoms. The second kappa shape index (κ2) is 23.7. The van der Waals surface area contributed by atoms with Crippen molar-refractivity contribution < 1.29 is 47.4 Å². The van der Waals surface area contributed by atoms with Crippen molar-refractivity contribution in [1.82, 2.24) is 0 Å². The van der Waals surface area contributed by atoms with Crippen LogP contribution in [-0.2, 0) is 62.5 Å². The van der Waals surface area contributed by atoms with Gasteiger partial charge in [-0.05, 0) is 64.4 Å². The van der Waals surface area contributed by atoms with Gasteiger partial charge in [0.15, 0.2) is 25.0 Å². The zero-order chi connectivity index (χ0) is 45.7. The second-order valence-electron chi connectivity index (χ2n) is 17.8. The van der Waals surface area contributed by atoms with Crippen LogP contribution < -0.4 is 0 Å². The molecule has 13 nitrogen and oxygen atoms in total. The van der Waals surface area contributed by atoms with Crippen LogP contribution in [0.5, 0.6) is 0 Å². The molecule has 0 bridgehead atoms. The first-order chi connectivity index (χ1) is 31.6. The minimum atomic E-state index is -0.902. The Kier molecular flexibility index (Phi) is 17.6. The maximum Gasteiger partial charge on any atom is 0.338 e. The lowest BCUT2D eigenvalue weighted by molar-refractivity contribution is -0.344. The SMILES string of the molecule is CCC1O[C@H](OCC2O[C@@H](O[C@@H]3C(COCc4ccccc4)O[C@@H](OCc4ccccc4)C(N=[N+]=[N-])[C@H]3C)C(OCc3ccccc3)[C@@H](C)[C@@H]2C)C(OC(=O)c2ccccc2)[C@@H](C)[C@@H]1C. The Hall–Kier alpha value is -4.66. The number of rotatable bonds is 19. The van der Waals surface area contributed by atoms with Crippen LogP contribution >= 0.6 is 0 Å². The van der Waals surface area contributed by atoms with Gasteiger partial charge in [-0.3, -0.25) is 0 Å². The number of esters is 1. The number of carbonyl (C=O) groups is 1. The first-order valence-electron chi connectivity index (χ1n) is 23.1. The van der Waals surface area contributed by atoms with Gasteiger partial charge < -0.3 is 42.6 Å². The van der Waals surface area contributed by atoms with E-state index in [0.29, 0.717) is 18.8 Å². The molecule has 3 saturated heterocycles. The number of hydrogen-bond donors (Lipinski definition) is 0. The van der Waals surface area contributed by atoms with E-state index in [1.165, 1.54) is 0 Å². The molecule has 6 unspecified atom stereocenters. The monoisotopic (exact) mass is 891 g/mol. The molecule has 3 fully saturated rings. The van der Waals surface area contributed by atoms with E-state index < -0.39 is 67.3 Å². The number of nitrogens with zero attached hydrogens (tertiary/aromatic N) is 3. The minimum absolute atomic E-state index is 0.0415. The number of azide groups is 1. The van der Waals surface area contributed by atoms with Crippen molar-refractivity contribution in [1.29, 1.82) is 0 Å². The van der Waals surface area contributed by atoms with Gasteiger partial charge in [0.1, 0.15) is 12.2 Å². The molecule has 0 amide bonds. The lowest BCUT2D eigenvalue weighted by atomic mass is 9.82. The number of benzene rings is 4. The van der Waals surface area contributed by atoms with Gasteiger partial charge in [0.2, 0.25) is 0 Å². The molecule has 15 atom stereocenters. The maximum atomic E-state index is 13.4. The van der Waals surface area contributed by atoms with E-state index in [-0.39, 0.29) is 49.6 Å². The summed E-state index contributed by atoms with van der Waals surface area (Å²) in [6.07, 6.45) is -4.88. The largest absolute Gasteiger partial charge is 0.453 e. The number of hydrogen-bond acceptors (Lipinski definition) is 11. The Morgan fingerprint density at radius 2 is 1.08 bits per heavy atom. The third-order valence-corrected chi connectivity index (χ3v) is 13.5. The molecule has 0 aromatic heterocycles. The fraction of sp³-hybridized carbons (Fsp3) is 0.519. The van der Waals surface area contributed by atoms with Crippen LogP contribution in [0.4, 0.5) is 0 Å². The lowest BCUT2D eigenvalue weighted by Gasteiger charge is -2.49. The molecular formula is C52H65N3O10. The maximum absolute atomic E-state index is 13.4. The molecule has 4 aromatic carbocycles. The predicted octanol–water partition coefficient (Wildman–Crippen LogP) is 10.1. The van der Waals surface area contributed by atoms with Crippen molar-refractivity contribution >= 4 is 5.97 Å². The summed E-state index contributed by atoms with van der Waals surface area (Å²) in [6.45, 7) is 13.8. The van der Waals surface area contributed by atoms with Gasteiger partial charge in [-0.2, -0.15) is 0 Å². The molecule has 3 aliphatic rings. The lowest BCUT2D eigenvalue weighted by Crippen LogP contribution is -2.60. The van der Waals surface area contributed by atoms with Crippen LogP contribution in [0.2, 0.25) is 0 Å². The predicted molar refractivity (Wildman–Crippen MR) is 244 cm³/mol. The van der Waals surface area contributed by atoms with Gasteiger partial charge >= 0.3 is 5.97 Å². The third kappa shape index (κ3) is 12.4. The fourth-order valence-corrected chi connectivity index (χ4v) is 9.13. The Balaban J connectivity index is 1.14. The zero-order valence-electron chi connectivity index (χ0n) is 38.4. The Morgan fingerprint density at radius 1 is 0.554 bits per heavy atom. The van der Waals surface area contributed by atoms with Gasteiger partial charge in [0.25, 0.3) is 0 Å². The topological polar surface area (TPSA) is 149 Å². The molecule has 0 N–H and O–H groups in total. The molecule has 4 aromatic rings. The molecule has 3 heterocycles. The molecule has 3 aliphatic heterocycles. The van der Waals surface area contributed by atoms with Crippen molar-refractivity contribution in [3.63, 3.8) is 0 Å². The number of ether oxygens (including phenoxy) is 9. The van der Waals surface area contributed by atoms with Crippen molar-refractivity contribution in [3.05, 3.63) is 154 Å².